The topological polar surface area (TPSA) is 39.1 Å². The molecule has 0 spiro atoms. The molecule has 21 heavy (non-hydrogen) atoms. The maximum absolute atomic E-state index is 5.86. The molecule has 0 saturated heterocycles. The molecule has 1 aromatic carbocycles. The Labute approximate surface area is 127 Å². The van der Waals surface area contributed by atoms with Crippen molar-refractivity contribution in [3.05, 3.63) is 41.6 Å². The summed E-state index contributed by atoms with van der Waals surface area (Å²) in [6, 6.07) is 10.7. The van der Waals surface area contributed by atoms with Crippen molar-refractivity contribution in [1.29, 1.82) is 0 Å². The van der Waals surface area contributed by atoms with Gasteiger partial charge in [-0.05, 0) is 44.0 Å². The van der Waals surface area contributed by atoms with Gasteiger partial charge in [0.1, 0.15) is 5.75 Å². The molecule has 0 amide bonds. The fourth-order valence-electron chi connectivity index (χ4n) is 2.39. The van der Waals surface area contributed by atoms with Crippen molar-refractivity contribution < 1.29 is 4.74 Å². The number of hydrogen-bond acceptors (Lipinski definition) is 3. The lowest BCUT2D eigenvalue weighted by Crippen LogP contribution is -2.21. The number of nitrogens with zero attached hydrogens (tertiary/aromatic N) is 2. The molecule has 4 heteroatoms. The van der Waals surface area contributed by atoms with Gasteiger partial charge in [-0.15, -0.1) is 0 Å². The van der Waals surface area contributed by atoms with Gasteiger partial charge >= 0.3 is 0 Å². The van der Waals surface area contributed by atoms with E-state index in [0.29, 0.717) is 6.04 Å². The molecule has 1 atom stereocenters. The van der Waals surface area contributed by atoms with E-state index in [9.17, 15) is 0 Å². The third-order valence-electron chi connectivity index (χ3n) is 3.51. The van der Waals surface area contributed by atoms with Crippen LogP contribution in [-0.4, -0.2) is 16.3 Å². The van der Waals surface area contributed by atoms with Crippen LogP contribution < -0.4 is 10.1 Å². The molecule has 0 radical (unpaired) electrons. The van der Waals surface area contributed by atoms with Crippen LogP contribution >= 0.6 is 0 Å². The van der Waals surface area contributed by atoms with Gasteiger partial charge in [-0.25, -0.2) is 4.68 Å². The zero-order valence-corrected chi connectivity index (χ0v) is 13.4. The number of aryl methyl sites for hydroxylation is 2. The molecule has 0 saturated carbocycles. The van der Waals surface area contributed by atoms with Crippen LogP contribution in [0.15, 0.2) is 30.3 Å². The maximum Gasteiger partial charge on any atom is 0.217 e. The predicted octanol–water partition coefficient (Wildman–Crippen LogP) is 3.97. The van der Waals surface area contributed by atoms with Crippen LogP contribution in [0.3, 0.4) is 0 Å². The summed E-state index contributed by atoms with van der Waals surface area (Å²) in [6.45, 7) is 7.40. The van der Waals surface area contributed by atoms with Crippen LogP contribution in [-0.2, 0) is 7.05 Å². The number of aromatic nitrogens is 2. The average molecular weight is 287 g/mol. The van der Waals surface area contributed by atoms with Gasteiger partial charge in [0, 0.05) is 19.2 Å². The van der Waals surface area contributed by atoms with Crippen LogP contribution in [0.2, 0.25) is 0 Å². The van der Waals surface area contributed by atoms with E-state index in [2.05, 4.69) is 36.4 Å². The van der Waals surface area contributed by atoms with Gasteiger partial charge in [-0.1, -0.05) is 26.0 Å². The summed E-state index contributed by atoms with van der Waals surface area (Å²) in [5, 5.41) is 7.84. The summed E-state index contributed by atoms with van der Waals surface area (Å²) in [5.41, 5.74) is 2.26. The lowest BCUT2D eigenvalue weighted by atomic mass is 10.0. The van der Waals surface area contributed by atoms with Crippen molar-refractivity contribution in [2.45, 2.75) is 39.7 Å². The van der Waals surface area contributed by atoms with Crippen molar-refractivity contribution in [3.8, 4) is 11.6 Å². The Kier molecular flexibility index (Phi) is 5.39. The van der Waals surface area contributed by atoms with Crippen LogP contribution in [0.25, 0.3) is 0 Å². The normalized spacial score (nSPS) is 12.4. The molecular formula is C17H25N3O. The fraction of sp³-hybridized carbons (Fsp3) is 0.471. The smallest absolute Gasteiger partial charge is 0.217 e. The van der Waals surface area contributed by atoms with Crippen molar-refractivity contribution in [1.82, 2.24) is 15.1 Å². The minimum atomic E-state index is 0.415. The highest BCUT2D eigenvalue weighted by atomic mass is 16.5. The Bertz CT molecular complexity index is 560. The molecule has 0 aliphatic rings. The molecule has 1 aromatic heterocycles. The minimum Gasteiger partial charge on any atom is -0.439 e. The summed E-state index contributed by atoms with van der Waals surface area (Å²) in [5.74, 6) is 1.60. The van der Waals surface area contributed by atoms with Crippen LogP contribution in [0.1, 0.15) is 44.0 Å². The van der Waals surface area contributed by atoms with E-state index < -0.39 is 0 Å². The van der Waals surface area contributed by atoms with Crippen molar-refractivity contribution in [2.75, 3.05) is 6.54 Å². The lowest BCUT2D eigenvalue weighted by Gasteiger charge is -2.17. The maximum atomic E-state index is 5.86. The highest BCUT2D eigenvalue weighted by Gasteiger charge is 2.09. The molecule has 4 nitrogen and oxygen atoms in total. The third-order valence-corrected chi connectivity index (χ3v) is 3.51. The SMILES string of the molecule is CCCNC(CC)c1ccc(Oc2cc(C)nn2C)cc1. The lowest BCUT2D eigenvalue weighted by molar-refractivity contribution is 0.430. The highest BCUT2D eigenvalue weighted by Crippen LogP contribution is 2.24. The molecule has 1 unspecified atom stereocenters. The Morgan fingerprint density at radius 3 is 2.48 bits per heavy atom. The van der Waals surface area contributed by atoms with E-state index in [1.165, 1.54) is 5.56 Å². The van der Waals surface area contributed by atoms with Crippen LogP contribution in [0.4, 0.5) is 0 Å². The highest BCUT2D eigenvalue weighted by molar-refractivity contribution is 5.32. The molecule has 0 aliphatic carbocycles. The Balaban J connectivity index is 2.06. The molecule has 1 N–H and O–H groups in total. The molecule has 0 bridgehead atoms. The second kappa shape index (κ2) is 7.27. The first-order valence-corrected chi connectivity index (χ1v) is 7.65. The van der Waals surface area contributed by atoms with Crippen LogP contribution in [0.5, 0.6) is 11.6 Å². The molecule has 0 fully saturated rings. The first kappa shape index (κ1) is 15.6. The summed E-state index contributed by atoms with van der Waals surface area (Å²) in [7, 11) is 1.89. The predicted molar refractivity (Wildman–Crippen MR) is 85.8 cm³/mol. The number of nitrogens with one attached hydrogen (secondary N) is 1. The van der Waals surface area contributed by atoms with Gasteiger partial charge in [-0.3, -0.25) is 0 Å². The minimum absolute atomic E-state index is 0.415. The Morgan fingerprint density at radius 1 is 1.24 bits per heavy atom. The van der Waals surface area contributed by atoms with E-state index in [4.69, 9.17) is 4.74 Å². The largest absolute Gasteiger partial charge is 0.439 e. The first-order valence-electron chi connectivity index (χ1n) is 7.65. The molecular weight excluding hydrogens is 262 g/mol. The molecule has 0 aliphatic heterocycles. The average Bonchev–Trinajstić information content (AvgIpc) is 2.79. The fourth-order valence-corrected chi connectivity index (χ4v) is 2.39. The van der Waals surface area contributed by atoms with E-state index in [1.54, 1.807) is 4.68 Å². The van der Waals surface area contributed by atoms with Crippen LogP contribution in [0, 0.1) is 6.92 Å². The standard InChI is InChI=1S/C17H25N3O/c1-5-11-18-16(6-2)14-7-9-15(10-8-14)21-17-12-13(3)19-20(17)4/h7-10,12,16,18H,5-6,11H2,1-4H3. The van der Waals surface area contributed by atoms with E-state index in [1.807, 2.05) is 32.2 Å². The Hall–Kier alpha value is -1.81. The number of ether oxygens (including phenoxy) is 1. The van der Waals surface area contributed by atoms with E-state index >= 15 is 0 Å². The van der Waals surface area contributed by atoms with Crippen molar-refractivity contribution >= 4 is 0 Å². The monoisotopic (exact) mass is 287 g/mol. The quantitative estimate of drug-likeness (QED) is 0.837. The summed E-state index contributed by atoms with van der Waals surface area (Å²) in [4.78, 5) is 0. The van der Waals surface area contributed by atoms with Gasteiger partial charge in [0.25, 0.3) is 0 Å². The van der Waals surface area contributed by atoms with Gasteiger partial charge in [0.15, 0.2) is 0 Å². The second-order valence-electron chi connectivity index (χ2n) is 5.33. The summed E-state index contributed by atoms with van der Waals surface area (Å²) < 4.78 is 7.61. The first-order chi connectivity index (χ1) is 10.1. The summed E-state index contributed by atoms with van der Waals surface area (Å²) in [6.07, 6.45) is 2.23. The van der Waals surface area contributed by atoms with E-state index in [-0.39, 0.29) is 0 Å². The second-order valence-corrected chi connectivity index (χ2v) is 5.33. The Morgan fingerprint density at radius 2 is 1.95 bits per heavy atom. The van der Waals surface area contributed by atoms with E-state index in [0.717, 1.165) is 36.7 Å². The zero-order valence-electron chi connectivity index (χ0n) is 13.4. The van der Waals surface area contributed by atoms with Gasteiger partial charge in [0.2, 0.25) is 5.88 Å². The van der Waals surface area contributed by atoms with Gasteiger partial charge in [-0.2, -0.15) is 5.10 Å². The van der Waals surface area contributed by atoms with Gasteiger partial charge < -0.3 is 10.1 Å². The molecule has 1 heterocycles. The molecule has 2 rings (SSSR count). The zero-order chi connectivity index (χ0) is 15.2. The number of hydrogen-bond donors (Lipinski definition) is 1. The number of benzene rings is 1. The molecule has 114 valence electrons. The summed E-state index contributed by atoms with van der Waals surface area (Å²) >= 11 is 0. The number of rotatable bonds is 7. The third kappa shape index (κ3) is 4.08. The van der Waals surface area contributed by atoms with Crippen molar-refractivity contribution in [3.63, 3.8) is 0 Å². The molecule has 2 aromatic rings. The van der Waals surface area contributed by atoms with Crippen molar-refractivity contribution in [2.24, 2.45) is 7.05 Å². The van der Waals surface area contributed by atoms with Gasteiger partial charge in [0.05, 0.1) is 5.69 Å².